The minimum absolute atomic E-state index is 0.0419. The molecule has 234 valence electrons. The zero-order valence-corrected chi connectivity index (χ0v) is 27.3. The average Bonchev–Trinajstić information content (AvgIpc) is 2.95. The van der Waals surface area contributed by atoms with Crippen LogP contribution in [0.5, 0.6) is 0 Å². The van der Waals surface area contributed by atoms with E-state index in [1.54, 1.807) is 36.2 Å². The van der Waals surface area contributed by atoms with Crippen molar-refractivity contribution >= 4 is 53.0 Å². The number of piperazine rings is 1. The van der Waals surface area contributed by atoms with E-state index in [1.165, 1.54) is 17.3 Å². The number of anilines is 2. The summed E-state index contributed by atoms with van der Waals surface area (Å²) in [6.45, 7) is 12.4. The van der Waals surface area contributed by atoms with E-state index >= 15 is 4.39 Å². The van der Waals surface area contributed by atoms with Gasteiger partial charge in [-0.25, -0.2) is 24.1 Å². The number of carbonyl (C=O) groups excluding carboxylic acids is 2. The first-order valence-corrected chi connectivity index (χ1v) is 14.9. The van der Waals surface area contributed by atoms with Gasteiger partial charge in [-0.05, 0) is 51.8 Å². The van der Waals surface area contributed by atoms with Gasteiger partial charge in [0, 0.05) is 38.3 Å². The van der Waals surface area contributed by atoms with Crippen LogP contribution in [0.25, 0.3) is 11.3 Å². The van der Waals surface area contributed by atoms with Gasteiger partial charge in [-0.1, -0.05) is 49.2 Å². The Kier molecular flexibility index (Phi) is 10.1. The average molecular weight is 645 g/mol. The van der Waals surface area contributed by atoms with Crippen molar-refractivity contribution in [2.75, 3.05) is 31.6 Å². The zero-order chi connectivity index (χ0) is 32.3. The number of benzene rings is 1. The van der Waals surface area contributed by atoms with Crippen molar-refractivity contribution in [2.24, 2.45) is 4.99 Å². The highest BCUT2D eigenvalue weighted by molar-refractivity contribution is 6.34. The van der Waals surface area contributed by atoms with Crippen LogP contribution < -0.4 is 4.90 Å². The molecular weight excluding hydrogens is 608 g/mol. The molecule has 0 spiro atoms. The molecule has 3 aromatic rings. The molecule has 1 saturated heterocycles. The lowest BCUT2D eigenvalue weighted by Gasteiger charge is -2.42. The summed E-state index contributed by atoms with van der Waals surface area (Å²) in [5, 5.41) is 0.195. The number of aromatic nitrogens is 3. The zero-order valence-electron chi connectivity index (χ0n) is 25.8. The van der Waals surface area contributed by atoms with E-state index in [0.717, 1.165) is 0 Å². The molecule has 1 aliphatic rings. The van der Waals surface area contributed by atoms with E-state index in [1.807, 2.05) is 46.4 Å². The maximum absolute atomic E-state index is 15.0. The number of hydrogen-bond acceptors (Lipinski definition) is 7. The Morgan fingerprint density at radius 3 is 2.50 bits per heavy atom. The second-order valence-electron chi connectivity index (χ2n) is 11.7. The minimum atomic E-state index is -0.625. The summed E-state index contributed by atoms with van der Waals surface area (Å²) in [5.74, 6) is -0.0751. The van der Waals surface area contributed by atoms with E-state index in [9.17, 15) is 9.59 Å². The molecule has 2 amide bonds. The number of aliphatic imine (C=N–C) groups is 1. The Hall–Kier alpha value is -3.83. The standard InChI is InChI=1S/C31H36Cl2FN7O3/c1-18(2)24-26(27(33)37-16-36-24)41(17-42)29-21(14-22(32)25(38-29)20-10-8-9-11-23(20)34)28(35-7)40-13-12-39(15-19(40)3)30(43)44-31(4,5)6/h8-11,14,16-19H,12-13,15H2,1-7H3/b35-28+. The molecule has 44 heavy (non-hydrogen) atoms. The summed E-state index contributed by atoms with van der Waals surface area (Å²) >= 11 is 13.4. The summed E-state index contributed by atoms with van der Waals surface area (Å²) < 4.78 is 20.6. The van der Waals surface area contributed by atoms with E-state index in [2.05, 4.69) is 15.0 Å². The van der Waals surface area contributed by atoms with Crippen LogP contribution in [-0.4, -0.2) is 81.4 Å². The molecule has 1 aliphatic heterocycles. The van der Waals surface area contributed by atoms with Gasteiger partial charge in [0.15, 0.2) is 11.0 Å². The van der Waals surface area contributed by atoms with Gasteiger partial charge in [0.1, 0.15) is 29.3 Å². The van der Waals surface area contributed by atoms with Gasteiger partial charge >= 0.3 is 6.09 Å². The Bertz CT molecular complexity index is 1580. The highest BCUT2D eigenvalue weighted by Crippen LogP contribution is 2.40. The number of halogens is 3. The van der Waals surface area contributed by atoms with Crippen LogP contribution in [0.2, 0.25) is 10.2 Å². The fourth-order valence-electron chi connectivity index (χ4n) is 5.06. The van der Waals surface area contributed by atoms with Gasteiger partial charge in [-0.2, -0.15) is 0 Å². The Morgan fingerprint density at radius 1 is 1.20 bits per heavy atom. The molecule has 1 atom stereocenters. The van der Waals surface area contributed by atoms with Gasteiger partial charge in [-0.15, -0.1) is 0 Å². The molecule has 13 heteroatoms. The largest absolute Gasteiger partial charge is 0.444 e. The normalized spacial score (nSPS) is 15.9. The molecule has 0 radical (unpaired) electrons. The fourth-order valence-corrected chi connectivity index (χ4v) is 5.55. The fraction of sp³-hybridized carbons (Fsp3) is 0.419. The van der Waals surface area contributed by atoms with Crippen LogP contribution in [0.1, 0.15) is 58.7 Å². The first-order valence-electron chi connectivity index (χ1n) is 14.2. The minimum Gasteiger partial charge on any atom is -0.444 e. The lowest BCUT2D eigenvalue weighted by Crippen LogP contribution is -2.56. The molecule has 0 saturated carbocycles. The Balaban J connectivity index is 1.87. The third-order valence-electron chi connectivity index (χ3n) is 7.02. The van der Waals surface area contributed by atoms with Crippen molar-refractivity contribution < 1.29 is 18.7 Å². The molecular formula is C31H36Cl2FN7O3. The van der Waals surface area contributed by atoms with E-state index in [4.69, 9.17) is 32.9 Å². The second-order valence-corrected chi connectivity index (χ2v) is 12.5. The van der Waals surface area contributed by atoms with E-state index < -0.39 is 17.5 Å². The second kappa shape index (κ2) is 13.4. The van der Waals surface area contributed by atoms with E-state index in [0.29, 0.717) is 43.1 Å². The topological polar surface area (TPSA) is 104 Å². The number of ether oxygens (including phenoxy) is 1. The number of pyridine rings is 1. The molecule has 10 nitrogen and oxygen atoms in total. The summed E-state index contributed by atoms with van der Waals surface area (Å²) in [6.07, 6.45) is 1.50. The monoisotopic (exact) mass is 643 g/mol. The van der Waals surface area contributed by atoms with Crippen LogP contribution in [0.4, 0.5) is 20.7 Å². The highest BCUT2D eigenvalue weighted by atomic mass is 35.5. The van der Waals surface area contributed by atoms with Gasteiger partial charge in [-0.3, -0.25) is 14.7 Å². The summed E-state index contributed by atoms with van der Waals surface area (Å²) in [7, 11) is 1.62. The molecule has 2 aromatic heterocycles. The summed E-state index contributed by atoms with van der Waals surface area (Å²) in [6, 6.07) is 7.52. The molecule has 0 N–H and O–H groups in total. The molecule has 3 heterocycles. The van der Waals surface area contributed by atoms with Crippen LogP contribution in [0.15, 0.2) is 41.7 Å². The Morgan fingerprint density at radius 2 is 1.91 bits per heavy atom. The first kappa shape index (κ1) is 33.1. The molecule has 1 unspecified atom stereocenters. The van der Waals surface area contributed by atoms with Gasteiger partial charge < -0.3 is 14.5 Å². The number of carbonyl (C=O) groups is 2. The maximum Gasteiger partial charge on any atom is 0.410 e. The van der Waals surface area contributed by atoms with Crippen LogP contribution >= 0.6 is 23.2 Å². The van der Waals surface area contributed by atoms with Gasteiger partial charge in [0.2, 0.25) is 6.41 Å². The number of nitrogens with zero attached hydrogens (tertiary/aromatic N) is 7. The summed E-state index contributed by atoms with van der Waals surface area (Å²) in [4.78, 5) is 48.5. The smallest absolute Gasteiger partial charge is 0.410 e. The third-order valence-corrected chi connectivity index (χ3v) is 7.58. The van der Waals surface area contributed by atoms with Crippen LogP contribution in [0.3, 0.4) is 0 Å². The molecule has 0 bridgehead atoms. The Labute approximate surface area is 266 Å². The molecule has 1 fully saturated rings. The van der Waals surface area contributed by atoms with Gasteiger partial charge in [0.25, 0.3) is 0 Å². The molecule has 0 aliphatic carbocycles. The summed E-state index contributed by atoms with van der Waals surface area (Å²) in [5.41, 5.74) is 0.824. The number of amides is 2. The number of amidine groups is 1. The van der Waals surface area contributed by atoms with Crippen molar-refractivity contribution in [1.29, 1.82) is 0 Å². The first-order chi connectivity index (χ1) is 20.8. The van der Waals surface area contributed by atoms with Crippen molar-refractivity contribution in [3.63, 3.8) is 0 Å². The predicted molar refractivity (Wildman–Crippen MR) is 170 cm³/mol. The predicted octanol–water partition coefficient (Wildman–Crippen LogP) is 6.72. The molecule has 4 rings (SSSR count). The highest BCUT2D eigenvalue weighted by Gasteiger charge is 2.34. The number of rotatable bonds is 6. The lowest BCUT2D eigenvalue weighted by molar-refractivity contribution is -0.106. The number of hydrogen-bond donors (Lipinski definition) is 0. The van der Waals surface area contributed by atoms with Crippen molar-refractivity contribution in [3.8, 4) is 11.3 Å². The van der Waals surface area contributed by atoms with E-state index in [-0.39, 0.29) is 44.9 Å². The van der Waals surface area contributed by atoms with Crippen LogP contribution in [0, 0.1) is 5.82 Å². The van der Waals surface area contributed by atoms with Crippen LogP contribution in [-0.2, 0) is 9.53 Å². The quantitative estimate of drug-likeness (QED) is 0.127. The van der Waals surface area contributed by atoms with Crippen molar-refractivity contribution in [3.05, 3.63) is 63.9 Å². The van der Waals surface area contributed by atoms with Gasteiger partial charge in [0.05, 0.1) is 22.0 Å². The third kappa shape index (κ3) is 6.94. The lowest BCUT2D eigenvalue weighted by atomic mass is 10.0. The van der Waals surface area contributed by atoms with Crippen molar-refractivity contribution in [1.82, 2.24) is 24.8 Å². The van der Waals surface area contributed by atoms with Crippen molar-refractivity contribution in [2.45, 2.75) is 59.1 Å². The maximum atomic E-state index is 15.0. The SMILES string of the molecule is C/N=C(\c1cc(Cl)c(-c2ccccc2F)nc1N(C=O)c1c(Cl)ncnc1C(C)C)N1CCN(C(=O)OC(C)(C)C)CC1C. The molecule has 1 aromatic carbocycles.